The van der Waals surface area contributed by atoms with Gasteiger partial charge in [-0.3, -0.25) is 19.9 Å². The first-order valence-electron chi connectivity index (χ1n) is 38.8. The van der Waals surface area contributed by atoms with Crippen molar-refractivity contribution in [1.82, 2.24) is 24.9 Å². The second kappa shape index (κ2) is 27.5. The summed E-state index contributed by atoms with van der Waals surface area (Å²) in [7, 11) is 0. The second-order valence-electron chi connectivity index (χ2n) is 24.1. The van der Waals surface area contributed by atoms with Crippen molar-refractivity contribution in [3.8, 4) is 55.6 Å². The lowest BCUT2D eigenvalue weighted by atomic mass is 10.0. The molecule has 0 spiro atoms. The van der Waals surface area contributed by atoms with Gasteiger partial charge in [0, 0.05) is 125 Å². The molecule has 20 aromatic rings. The average Bonchev–Trinajstić information content (AvgIpc) is 1.65. The molecule has 0 N–H and O–H groups in total. The first-order chi connectivity index (χ1) is 54.5. The van der Waals surface area contributed by atoms with Gasteiger partial charge in [0.25, 0.3) is 0 Å². The summed E-state index contributed by atoms with van der Waals surface area (Å²) < 4.78 is 119. The maximum absolute atomic E-state index is 7.46. The maximum Gasteiger partial charge on any atom is 0.227 e. The van der Waals surface area contributed by atoms with E-state index in [2.05, 4.69) is 74.3 Å². The summed E-state index contributed by atoms with van der Waals surface area (Å²) in [5.41, 5.74) is 21.7. The number of benzene rings is 10. The highest BCUT2D eigenvalue weighted by molar-refractivity contribution is 6.12. The molecule has 0 saturated heterocycles. The van der Waals surface area contributed by atoms with Crippen LogP contribution in [0.3, 0.4) is 0 Å². The molecule has 10 heteroatoms. The molecule has 0 atom stereocenters. The van der Waals surface area contributed by atoms with Gasteiger partial charge in [-0.2, -0.15) is 0 Å². The van der Waals surface area contributed by atoms with E-state index in [4.69, 9.17) is 38.5 Å². The minimum atomic E-state index is -2.10. The van der Waals surface area contributed by atoms with E-state index in [1.807, 2.05) is 158 Å². The molecule has 20 rings (SSSR count). The van der Waals surface area contributed by atoms with Crippen LogP contribution in [0.1, 0.15) is 51.2 Å². The van der Waals surface area contributed by atoms with E-state index in [1.54, 1.807) is 104 Å². The number of hydrogen-bond donors (Lipinski definition) is 0. The second-order valence-corrected chi connectivity index (χ2v) is 24.1. The van der Waals surface area contributed by atoms with Gasteiger partial charge in [-0.15, -0.1) is 0 Å². The third-order valence-electron chi connectivity index (χ3n) is 17.8. The van der Waals surface area contributed by atoms with Crippen molar-refractivity contribution in [2.24, 2.45) is 0 Å². The Balaban J connectivity index is 0.000000107. The number of aromatic nitrogens is 5. The number of pyridine rings is 5. The highest BCUT2D eigenvalue weighted by Gasteiger charge is 2.18. The number of para-hydroxylation sites is 5. The van der Waals surface area contributed by atoms with Crippen LogP contribution >= 0.6 is 0 Å². The quantitative estimate of drug-likeness (QED) is 0.159. The lowest BCUT2D eigenvalue weighted by Gasteiger charge is -2.04. The van der Waals surface area contributed by atoms with Crippen LogP contribution in [0.4, 0.5) is 0 Å². The smallest absolute Gasteiger partial charge is 0.227 e. The highest BCUT2D eigenvalue weighted by Crippen LogP contribution is 2.40. The molecule has 10 heterocycles. The van der Waals surface area contributed by atoms with E-state index in [-0.39, 0.29) is 0 Å². The molecular formula is C91H67N5O5. The zero-order valence-electron chi connectivity index (χ0n) is 66.4. The first kappa shape index (κ1) is 50.3. The van der Waals surface area contributed by atoms with E-state index in [9.17, 15) is 0 Å². The molecule has 0 unspecified atom stereocenters. The molecule has 10 aromatic carbocycles. The van der Waals surface area contributed by atoms with Gasteiger partial charge in [-0.1, -0.05) is 229 Å². The molecule has 0 fully saturated rings. The third-order valence-corrected chi connectivity index (χ3v) is 17.8. The van der Waals surface area contributed by atoms with Crippen LogP contribution in [-0.2, 0) is 6.42 Å². The van der Waals surface area contributed by atoms with Crippen LogP contribution in [0, 0.1) is 27.4 Å². The Bertz CT molecular complexity index is 6170. The van der Waals surface area contributed by atoms with Crippen molar-refractivity contribution < 1.29 is 38.5 Å². The molecular weight excluding hydrogens is 1240 g/mol. The maximum atomic E-state index is 7.46. The van der Waals surface area contributed by atoms with E-state index in [0.717, 1.165) is 161 Å². The number of rotatable bonds is 6. The van der Waals surface area contributed by atoms with Gasteiger partial charge in [-0.05, 0) is 128 Å². The number of fused-ring (bicyclic) bond motifs is 15. The summed E-state index contributed by atoms with van der Waals surface area (Å²) in [5, 5.41) is 8.06. The fourth-order valence-electron chi connectivity index (χ4n) is 12.8. The SMILES string of the molecule is CCc1ccc(-c2cccc3c2oc2cccnc23)cc1.[2H]C([2H])([2H])c1ccc(-c2cccc3c2oc2cnccc23)cc1.[2H]C([2H])([2H])c1ccc(-c2cccc3c2oc2ncccc23)cc1.[2H]C([2H])([2H])c1ccc(-c2ccnc3c2oc2ccccc23)cc1.[2H]C([2H])([2H])c1ccc(-c2cncc3c2oc2ccccc23)cc1. The zero-order chi connectivity index (χ0) is 78.3. The van der Waals surface area contributed by atoms with Gasteiger partial charge >= 0.3 is 0 Å². The van der Waals surface area contributed by atoms with Crippen molar-refractivity contribution in [2.45, 2.75) is 40.8 Å². The third kappa shape index (κ3) is 12.5. The largest absolute Gasteiger partial charge is 0.455 e. The Morgan fingerprint density at radius 3 is 1.33 bits per heavy atom. The standard InChI is InChI=1S/C19H15NO.4C18H13NO/c1-2-13-8-10-14(11-9-13)15-5-3-6-16-18-17(21-19(15)16)7-4-12-20-18;1-12-7-9-13(10-8-12)14-4-2-5-15-16-6-3-11-19-18(16)20-17(14)15;1-12-5-7-13(8-6-12)14-3-2-4-16-15-9-10-19-11-17(15)20-18(14)16;1-12-6-8-13(9-7-12)15-10-19-11-16-14-4-2-3-5-17(14)20-18(15)16;1-12-6-8-13(9-7-12)14-10-11-19-17-15-4-2-3-5-16(15)20-18(14)17/h3-12H,2H2,1H3;4*2-11H,1H3/i;4*1D3. The normalized spacial score (nSPS) is 13.5. The minimum Gasteiger partial charge on any atom is -0.455 e. The van der Waals surface area contributed by atoms with Crippen molar-refractivity contribution in [2.75, 3.05) is 0 Å². The average molecular weight is 1320 g/mol. The van der Waals surface area contributed by atoms with Crippen LogP contribution in [0.2, 0.25) is 0 Å². The van der Waals surface area contributed by atoms with Crippen LogP contribution in [0.25, 0.3) is 166 Å². The first-order valence-corrected chi connectivity index (χ1v) is 32.8. The highest BCUT2D eigenvalue weighted by atomic mass is 16.3. The molecule has 0 aliphatic carbocycles. The summed E-state index contributed by atoms with van der Waals surface area (Å²) in [4.78, 5) is 21.5. The summed E-state index contributed by atoms with van der Waals surface area (Å²) in [6.07, 6.45) is 13.3. The Morgan fingerprint density at radius 2 is 0.703 bits per heavy atom. The topological polar surface area (TPSA) is 130 Å². The molecule has 10 nitrogen and oxygen atoms in total. The Hall–Kier alpha value is -13.1. The summed E-state index contributed by atoms with van der Waals surface area (Å²) in [6, 6.07) is 81.6. The molecule has 0 amide bonds. The summed E-state index contributed by atoms with van der Waals surface area (Å²) in [5.74, 6) is 0. The molecule has 0 bridgehead atoms. The fraction of sp³-hybridized carbons (Fsp3) is 0.0659. The molecule has 486 valence electrons. The molecule has 0 saturated carbocycles. The lowest BCUT2D eigenvalue weighted by molar-refractivity contribution is 0.655. The number of aryl methyl sites for hydroxylation is 5. The molecule has 101 heavy (non-hydrogen) atoms. The van der Waals surface area contributed by atoms with E-state index in [0.29, 0.717) is 28.0 Å². The Morgan fingerprint density at radius 1 is 0.267 bits per heavy atom. The molecule has 0 aliphatic heterocycles. The predicted octanol–water partition coefficient (Wildman–Crippen LogP) is 25.0. The number of nitrogens with zero attached hydrogens (tertiary/aromatic N) is 5. The van der Waals surface area contributed by atoms with Crippen molar-refractivity contribution in [3.05, 3.63) is 332 Å². The Kier molecular flexibility index (Phi) is 13.7. The predicted molar refractivity (Wildman–Crippen MR) is 413 cm³/mol. The van der Waals surface area contributed by atoms with Gasteiger partial charge in [0.05, 0.1) is 6.20 Å². The van der Waals surface area contributed by atoms with Crippen molar-refractivity contribution in [3.63, 3.8) is 0 Å². The van der Waals surface area contributed by atoms with Gasteiger partial charge in [0.1, 0.15) is 44.5 Å². The fourth-order valence-corrected chi connectivity index (χ4v) is 12.8. The van der Waals surface area contributed by atoms with E-state index < -0.39 is 27.4 Å². The zero-order valence-corrected chi connectivity index (χ0v) is 54.4. The molecule has 10 aromatic heterocycles. The number of furan rings is 5. The van der Waals surface area contributed by atoms with Crippen LogP contribution in [-0.4, -0.2) is 24.9 Å². The van der Waals surface area contributed by atoms with Crippen LogP contribution in [0.15, 0.2) is 326 Å². The molecule has 0 radical (unpaired) electrons. The van der Waals surface area contributed by atoms with Crippen molar-refractivity contribution in [1.29, 1.82) is 0 Å². The summed E-state index contributed by atoms with van der Waals surface area (Å²) in [6.45, 7) is -6.20. The van der Waals surface area contributed by atoms with Crippen LogP contribution in [0.5, 0.6) is 0 Å². The van der Waals surface area contributed by atoms with Gasteiger partial charge in [0.2, 0.25) is 5.71 Å². The van der Waals surface area contributed by atoms with E-state index >= 15 is 0 Å². The lowest BCUT2D eigenvalue weighted by Crippen LogP contribution is -1.82. The molecule has 0 aliphatic rings. The minimum absolute atomic E-state index is 0.325. The van der Waals surface area contributed by atoms with E-state index in [1.165, 1.54) is 11.1 Å². The monoisotopic (exact) mass is 1320 g/mol. The van der Waals surface area contributed by atoms with Crippen molar-refractivity contribution >= 4 is 110 Å². The Labute approximate surface area is 599 Å². The van der Waals surface area contributed by atoms with Gasteiger partial charge in [-0.25, -0.2) is 4.98 Å². The summed E-state index contributed by atoms with van der Waals surface area (Å²) >= 11 is 0. The van der Waals surface area contributed by atoms with Gasteiger partial charge in [0.15, 0.2) is 16.7 Å². The van der Waals surface area contributed by atoms with Crippen LogP contribution < -0.4 is 0 Å². The van der Waals surface area contributed by atoms with Gasteiger partial charge < -0.3 is 22.1 Å². The number of hydrogen-bond acceptors (Lipinski definition) is 10.